The summed E-state index contributed by atoms with van der Waals surface area (Å²) >= 11 is 0. The number of fused-ring (bicyclic) bond motifs is 1. The normalized spacial score (nSPS) is 30.3. The van der Waals surface area contributed by atoms with Crippen molar-refractivity contribution >= 4 is 23.3 Å². The number of ether oxygens (including phenoxy) is 3. The van der Waals surface area contributed by atoms with Gasteiger partial charge in [0, 0.05) is 25.4 Å². The Morgan fingerprint density at radius 1 is 1.18 bits per heavy atom. The van der Waals surface area contributed by atoms with Gasteiger partial charge >= 0.3 is 29.6 Å². The van der Waals surface area contributed by atoms with E-state index in [9.17, 15) is 13.0 Å². The molecule has 5 atom stereocenters. The first kappa shape index (κ1) is 24.5. The second-order valence-corrected chi connectivity index (χ2v) is 12.7. The minimum atomic E-state index is -4.47. The van der Waals surface area contributed by atoms with Crippen LogP contribution in [0.3, 0.4) is 0 Å². The third kappa shape index (κ3) is 4.62. The summed E-state index contributed by atoms with van der Waals surface area (Å²) in [6.45, 7) is 6.59. The monoisotopic (exact) mass is 438 g/mol. The second kappa shape index (κ2) is 9.19. The zero-order valence-electron chi connectivity index (χ0n) is 17.5. The molecule has 0 radical (unpaired) electrons. The molecule has 0 N–H and O–H groups in total. The summed E-state index contributed by atoms with van der Waals surface area (Å²) in [7, 11) is -1.97. The van der Waals surface area contributed by atoms with Gasteiger partial charge in [-0.2, -0.15) is 0 Å². The van der Waals surface area contributed by atoms with E-state index in [4.69, 9.17) is 14.2 Å². The number of rotatable bonds is 4. The first-order valence-corrected chi connectivity index (χ1v) is 12.1. The molecule has 3 unspecified atom stereocenters. The number of methoxy groups -OCH3 is 2. The molecule has 1 aromatic rings. The smallest absolute Gasteiger partial charge is 0.748 e. The molecule has 1 heterocycles. The Labute approximate surface area is 191 Å². The minimum Gasteiger partial charge on any atom is -0.748 e. The van der Waals surface area contributed by atoms with E-state index in [1.807, 2.05) is 18.2 Å². The topological polar surface area (TPSA) is 84.9 Å². The maximum Gasteiger partial charge on any atom is 1.00 e. The van der Waals surface area contributed by atoms with E-state index in [1.54, 1.807) is 7.11 Å². The predicted octanol–water partition coefficient (Wildman–Crippen LogP) is -0.233. The molecule has 9 heteroatoms. The van der Waals surface area contributed by atoms with Crippen LogP contribution in [0.2, 0.25) is 0 Å². The van der Waals surface area contributed by atoms with Crippen LogP contribution in [0.25, 0.3) is 0 Å². The summed E-state index contributed by atoms with van der Waals surface area (Å²) in [5.41, 5.74) is 0.998. The van der Waals surface area contributed by atoms with Crippen LogP contribution in [0, 0.1) is 0 Å². The van der Waals surface area contributed by atoms with Gasteiger partial charge in [-0.3, -0.25) is 0 Å². The van der Waals surface area contributed by atoms with E-state index in [0.717, 1.165) is 16.6 Å². The Bertz CT molecular complexity index is 794. The summed E-state index contributed by atoms with van der Waals surface area (Å²) in [5, 5.41) is 0.122. The molecule has 1 aromatic carbocycles. The number of hydrogen-bond acceptors (Lipinski definition) is 6. The van der Waals surface area contributed by atoms with E-state index >= 15 is 0 Å². The number of benzene rings is 1. The Morgan fingerprint density at radius 3 is 2.39 bits per heavy atom. The Morgan fingerprint density at radius 2 is 1.86 bits per heavy atom. The Balaban J connectivity index is 0.00000280. The summed E-state index contributed by atoms with van der Waals surface area (Å²) in [5.74, 6) is 0.525. The molecule has 28 heavy (non-hydrogen) atoms. The van der Waals surface area contributed by atoms with Gasteiger partial charge in [0.05, 0.1) is 17.5 Å². The van der Waals surface area contributed by atoms with Gasteiger partial charge in [-0.25, -0.2) is 8.42 Å². The largest absolute Gasteiger partial charge is 1.00 e. The zero-order chi connectivity index (χ0) is 20.0. The molecule has 6 nitrogen and oxygen atoms in total. The van der Waals surface area contributed by atoms with E-state index in [1.165, 1.54) is 7.11 Å². The molecule has 1 saturated carbocycles. The molecule has 0 amide bonds. The molecule has 0 saturated heterocycles. The van der Waals surface area contributed by atoms with Crippen molar-refractivity contribution in [3.8, 4) is 5.75 Å². The maximum atomic E-state index is 11.9. The van der Waals surface area contributed by atoms with E-state index in [0.29, 0.717) is 12.8 Å². The molecule has 2 aliphatic rings. The van der Waals surface area contributed by atoms with Crippen molar-refractivity contribution in [2.75, 3.05) is 20.6 Å². The first-order chi connectivity index (χ1) is 12.6. The van der Waals surface area contributed by atoms with Gasteiger partial charge in [0.15, 0.2) is 0 Å². The average molecular weight is 438 g/mol. The molecular formula is C19H28NaO6PS. The maximum absolute atomic E-state index is 11.9. The third-order valence-corrected chi connectivity index (χ3v) is 9.89. The van der Waals surface area contributed by atoms with Crippen molar-refractivity contribution < 1.29 is 56.7 Å². The Hall–Kier alpha value is 0.280. The average Bonchev–Trinajstić information content (AvgIpc) is 3.04. The van der Waals surface area contributed by atoms with Crippen LogP contribution in [0.5, 0.6) is 5.75 Å². The van der Waals surface area contributed by atoms with E-state index in [-0.39, 0.29) is 53.2 Å². The summed E-state index contributed by atoms with van der Waals surface area (Å²) in [6, 6.07) is 5.89. The molecule has 0 aromatic heterocycles. The van der Waals surface area contributed by atoms with Crippen LogP contribution in [0.1, 0.15) is 45.1 Å². The van der Waals surface area contributed by atoms with Crippen LogP contribution in [0.15, 0.2) is 18.2 Å². The quantitative estimate of drug-likeness (QED) is 0.367. The van der Waals surface area contributed by atoms with Gasteiger partial charge in [0.2, 0.25) is 0 Å². The molecule has 152 valence electrons. The van der Waals surface area contributed by atoms with Gasteiger partial charge in [0.25, 0.3) is 0 Å². The zero-order valence-corrected chi connectivity index (χ0v) is 21.2. The van der Waals surface area contributed by atoms with Crippen molar-refractivity contribution in [3.05, 3.63) is 23.8 Å². The summed E-state index contributed by atoms with van der Waals surface area (Å²) in [4.78, 5) is 0. The molecule has 1 fully saturated rings. The fourth-order valence-electron chi connectivity index (χ4n) is 4.31. The van der Waals surface area contributed by atoms with Crippen molar-refractivity contribution in [3.63, 3.8) is 0 Å². The first-order valence-electron chi connectivity index (χ1n) is 9.13. The fourth-order valence-corrected chi connectivity index (χ4v) is 7.73. The molecular weight excluding hydrogens is 410 g/mol. The summed E-state index contributed by atoms with van der Waals surface area (Å²) in [6.07, 6.45) is 0.451. The molecule has 0 spiro atoms. The van der Waals surface area contributed by atoms with Crippen LogP contribution in [0.4, 0.5) is 0 Å². The van der Waals surface area contributed by atoms with Crippen LogP contribution in [-0.4, -0.2) is 56.2 Å². The van der Waals surface area contributed by atoms with Crippen LogP contribution < -0.4 is 39.6 Å². The van der Waals surface area contributed by atoms with Gasteiger partial charge in [-0.1, -0.05) is 32.9 Å². The van der Waals surface area contributed by atoms with Crippen molar-refractivity contribution in [2.24, 2.45) is 0 Å². The number of hydrogen-bond donors (Lipinski definition) is 0. The van der Waals surface area contributed by atoms with Gasteiger partial charge < -0.3 is 18.8 Å². The van der Waals surface area contributed by atoms with Gasteiger partial charge in [0.1, 0.15) is 22.2 Å². The molecule has 1 aliphatic heterocycles. The predicted molar refractivity (Wildman–Crippen MR) is 105 cm³/mol. The third-order valence-electron chi connectivity index (χ3n) is 5.62. The molecule has 0 bridgehead atoms. The Kier molecular flexibility index (Phi) is 8.06. The minimum absolute atomic E-state index is 0. The van der Waals surface area contributed by atoms with E-state index < -0.39 is 29.4 Å². The van der Waals surface area contributed by atoms with E-state index in [2.05, 4.69) is 20.8 Å². The SMILES string of the molecule is COC1C(c2cccc3c2[P@](C(C)(C)C)CO3)[C@H](OC)CCC1S(=O)(=O)[O-].[Na+]. The standard InChI is InChI=1S/C19H29O6PS.Na/c1-19(2,3)26-11-25-14-8-6-7-12(18(14)26)16-13(23-4)9-10-15(17(16)24-5)27(20,21)22;/h6-8,13,15-17H,9-11H2,1-5H3,(H,20,21,22);/q;+1/p-1/t13-,15?,16?,17?,26-;/m1./s1. The van der Waals surface area contributed by atoms with Crippen molar-refractivity contribution in [1.82, 2.24) is 0 Å². The van der Waals surface area contributed by atoms with Crippen LogP contribution in [-0.2, 0) is 19.6 Å². The van der Waals surface area contributed by atoms with Gasteiger partial charge in [-0.05, 0) is 37.5 Å². The fraction of sp³-hybridized carbons (Fsp3) is 0.684. The van der Waals surface area contributed by atoms with Gasteiger partial charge in [-0.15, -0.1) is 0 Å². The second-order valence-electron chi connectivity index (χ2n) is 8.18. The van der Waals surface area contributed by atoms with Crippen molar-refractivity contribution in [2.45, 2.75) is 62.1 Å². The summed E-state index contributed by atoms with van der Waals surface area (Å²) < 4.78 is 53.0. The van der Waals surface area contributed by atoms with Crippen molar-refractivity contribution in [1.29, 1.82) is 0 Å². The molecule has 1 aliphatic carbocycles. The van der Waals surface area contributed by atoms with Crippen LogP contribution >= 0.6 is 7.92 Å². The molecule has 3 rings (SSSR count).